The quantitative estimate of drug-likeness (QED) is 0.120. The monoisotopic (exact) mass is 1900 g/mol. The van der Waals surface area contributed by atoms with Crippen molar-refractivity contribution in [1.82, 2.24) is 108 Å². The van der Waals surface area contributed by atoms with Crippen molar-refractivity contribution in [2.24, 2.45) is 10.9 Å². The van der Waals surface area contributed by atoms with Crippen molar-refractivity contribution in [3.63, 3.8) is 0 Å². The average molecular weight is 1900 g/mol. The van der Waals surface area contributed by atoms with Crippen molar-refractivity contribution in [2.45, 2.75) is 264 Å². The molecule has 0 saturated carbocycles. The van der Waals surface area contributed by atoms with Gasteiger partial charge in [0.15, 0.2) is 0 Å². The van der Waals surface area contributed by atoms with E-state index in [1.54, 1.807) is 28.7 Å². The van der Waals surface area contributed by atoms with Gasteiger partial charge in [0.05, 0.1) is 26.1 Å². The highest BCUT2D eigenvalue weighted by Gasteiger charge is 2.35. The van der Waals surface area contributed by atoms with Crippen molar-refractivity contribution in [2.75, 3.05) is 310 Å². The molecule has 0 aromatic heterocycles. The van der Waals surface area contributed by atoms with Crippen LogP contribution in [0.2, 0.25) is 0 Å². The maximum absolute atomic E-state index is 12.0. The molecular formula is C93H195F3N24O10S. The number of β-amino-alcohol motifs (C(OH)–C–C–N with tert-alkyl or cyclic N) is 1. The summed E-state index contributed by atoms with van der Waals surface area (Å²) < 4.78 is 59.3. The van der Waals surface area contributed by atoms with E-state index in [1.807, 2.05) is 25.8 Å². The van der Waals surface area contributed by atoms with Gasteiger partial charge in [0, 0.05) is 361 Å². The summed E-state index contributed by atoms with van der Waals surface area (Å²) in [6, 6.07) is 7.25. The molecule has 0 bridgehead atoms. The number of urea groups is 1. The lowest BCUT2D eigenvalue weighted by atomic mass is 10.1. The van der Waals surface area contributed by atoms with Gasteiger partial charge in [-0.3, -0.25) is 87.7 Å². The molecule has 0 aliphatic carbocycles. The van der Waals surface area contributed by atoms with Gasteiger partial charge in [-0.05, 0) is 180 Å². The number of nitrogens with zero attached hydrogens (tertiary/aromatic N) is 21. The molecule has 2 unspecified atom stereocenters. The van der Waals surface area contributed by atoms with Gasteiger partial charge in [-0.1, -0.05) is 0 Å². The lowest BCUT2D eigenvalue weighted by molar-refractivity contribution is -0.156. The first-order valence-electron chi connectivity index (χ1n) is 49.5. The molecule has 774 valence electrons. The Morgan fingerprint density at radius 2 is 0.718 bits per heavy atom. The van der Waals surface area contributed by atoms with E-state index in [0.29, 0.717) is 119 Å². The molecule has 0 aromatic carbocycles. The zero-order chi connectivity index (χ0) is 99.9. The number of alkyl halides is 3. The van der Waals surface area contributed by atoms with Crippen molar-refractivity contribution in [3.8, 4) is 0 Å². The maximum Gasteiger partial charge on any atom is 0.401 e. The standard InChI is InChI=1S/C10H20N2O2.C10H22N2.C9H17F3N2.C9H18N2O.C9H20N2O.C8H17N3O.C8H14N2O2.C8H16N2O.C8H18N2.C7H17N3O2S.C7H16N2/c1-9(2)12-7-5-11(6-8-12)4-3-10(13)14;1-8(2)12-6-9(3)11(5)10(4)7-12;1-8(2)14-5-3-13(4-6-14)7-9(10,11)12;1-8(2)10-4-6-11(7-5-10)9(3)12;1-9(2)11-5-3-10(4-6-11)7-8-12;1-7(2)10-3-5-11(6-4-10)8(9)12;1-6(2)10-5-4-9(3)7(11)8(10)12;1-7(2)10-5-4-9(3)8(11)6-10;1-8(2)10-6-4-9(3)5-7-10;1-7(2)9-3-5-10(6-4-9)13(8,11)12;1-7(2)9-5-3-8-4-6-9/h9H,3-8H2,1-2H3,(H,13,14);8-10H,6-7H2,1-5H3;8H,3-7H2,1-2H3;8H,4-7H2,1-3H3;9,12H,3-8H2,1-2H3;7H,3-6H2,1-2H3,(H2,9,12);6H,4-5H2,1-3H3;7H,4-6H2,1-3H3;8H,4-7H2,1-3H3;7H,3-6H2,1-2H3,(H2,8,11,12);7-8H,3-6H2,1-2H3. The molecule has 11 aliphatic rings. The van der Waals surface area contributed by atoms with Crippen LogP contribution in [-0.2, 0) is 34.2 Å². The second-order valence-electron chi connectivity index (χ2n) is 39.9. The number of aliphatic hydroxyl groups is 1. The van der Waals surface area contributed by atoms with E-state index in [9.17, 15) is 50.4 Å². The molecule has 2 atom stereocenters. The van der Waals surface area contributed by atoms with Crippen LogP contribution in [0.4, 0.5) is 18.0 Å². The normalized spacial score (nSPS) is 22.6. The number of piperazine rings is 11. The second-order valence-corrected chi connectivity index (χ2v) is 41.5. The van der Waals surface area contributed by atoms with Crippen molar-refractivity contribution in [3.05, 3.63) is 0 Å². The fourth-order valence-corrected chi connectivity index (χ4v) is 17.1. The molecule has 11 rings (SSSR count). The fraction of sp³-hybridized carbons (Fsp3) is 0.935. The fourth-order valence-electron chi connectivity index (χ4n) is 16.4. The number of hydrogen-bond donors (Lipinski definition) is 5. The van der Waals surface area contributed by atoms with Gasteiger partial charge >= 0.3 is 30.0 Å². The Labute approximate surface area is 794 Å². The molecule has 11 saturated heterocycles. The highest BCUT2D eigenvalue weighted by molar-refractivity contribution is 7.86. The van der Waals surface area contributed by atoms with Crippen LogP contribution in [0.3, 0.4) is 0 Å². The van der Waals surface area contributed by atoms with Crippen LogP contribution in [-0.4, -0.2) is 551 Å². The van der Waals surface area contributed by atoms with Crippen molar-refractivity contribution in [1.29, 1.82) is 0 Å². The first-order valence-corrected chi connectivity index (χ1v) is 51.0. The number of hydrogen-bond acceptors (Lipinski definition) is 25. The minimum Gasteiger partial charge on any atom is -0.481 e. The van der Waals surface area contributed by atoms with Crippen LogP contribution in [0.25, 0.3) is 0 Å². The summed E-state index contributed by atoms with van der Waals surface area (Å²) in [5.41, 5.74) is 5.16. The van der Waals surface area contributed by atoms with Crippen LogP contribution in [0, 0.1) is 0 Å². The average Bonchev–Trinajstić information content (AvgIpc) is 0.846. The molecule has 0 aromatic rings. The van der Waals surface area contributed by atoms with Crippen LogP contribution < -0.4 is 16.2 Å². The van der Waals surface area contributed by atoms with Crippen LogP contribution in [0.5, 0.6) is 0 Å². The van der Waals surface area contributed by atoms with Gasteiger partial charge in [-0.25, -0.2) is 9.93 Å². The van der Waals surface area contributed by atoms with E-state index < -0.39 is 34.8 Å². The van der Waals surface area contributed by atoms with Crippen molar-refractivity contribution < 1.29 is 60.6 Å². The molecule has 34 nitrogen and oxygen atoms in total. The number of carboxylic acid groups (broad SMARTS) is 1. The third-order valence-electron chi connectivity index (χ3n) is 26.7. The highest BCUT2D eigenvalue weighted by atomic mass is 32.2. The highest BCUT2D eigenvalue weighted by Crippen LogP contribution is 2.20. The molecule has 0 spiro atoms. The third-order valence-corrected chi connectivity index (χ3v) is 27.7. The zero-order valence-corrected chi connectivity index (χ0v) is 88.7. The molecule has 11 fully saturated rings. The number of nitrogens with one attached hydrogen (secondary N) is 1. The molecular weight excluding hydrogens is 1700 g/mol. The van der Waals surface area contributed by atoms with Gasteiger partial charge in [0.2, 0.25) is 11.8 Å². The van der Waals surface area contributed by atoms with Crippen LogP contribution >= 0.6 is 0 Å². The smallest absolute Gasteiger partial charge is 0.401 e. The number of nitrogens with two attached hydrogens (primary N) is 2. The third kappa shape index (κ3) is 52.8. The number of halogens is 3. The van der Waals surface area contributed by atoms with E-state index >= 15 is 0 Å². The molecule has 38 heteroatoms. The number of carbonyl (C=O) groups excluding carboxylic acids is 5. The van der Waals surface area contributed by atoms with E-state index in [0.717, 1.165) is 176 Å². The van der Waals surface area contributed by atoms with Crippen LogP contribution in [0.15, 0.2) is 0 Å². The zero-order valence-electron chi connectivity index (χ0n) is 87.9. The topological polar surface area (TPSA) is 309 Å². The minimum atomic E-state index is -4.06. The van der Waals surface area contributed by atoms with Gasteiger partial charge in [0.25, 0.3) is 10.2 Å². The van der Waals surface area contributed by atoms with E-state index in [4.69, 9.17) is 21.1 Å². The molecule has 0 radical (unpaired) electrons. The van der Waals surface area contributed by atoms with E-state index in [1.165, 1.54) is 66.5 Å². The van der Waals surface area contributed by atoms with Gasteiger partial charge in [-0.2, -0.15) is 25.9 Å². The summed E-state index contributed by atoms with van der Waals surface area (Å²) in [6.07, 6.45) is -3.79. The lowest BCUT2D eigenvalue weighted by Crippen LogP contribution is -2.56. The number of amides is 6. The second kappa shape index (κ2) is 65.5. The number of aliphatic carboxylic acids is 1. The number of likely N-dealkylation sites (N-methyl/N-ethyl adjacent to an activating group) is 4. The first kappa shape index (κ1) is 125. The predicted molar refractivity (Wildman–Crippen MR) is 529 cm³/mol. The van der Waals surface area contributed by atoms with E-state index in [-0.39, 0.29) is 36.2 Å². The Morgan fingerprint density at radius 1 is 0.405 bits per heavy atom. The van der Waals surface area contributed by atoms with Crippen LogP contribution in [0.1, 0.15) is 180 Å². The summed E-state index contributed by atoms with van der Waals surface area (Å²) >= 11 is 0. The predicted octanol–water partition coefficient (Wildman–Crippen LogP) is 4.16. The Kier molecular flexibility index (Phi) is 62.3. The SMILES string of the molecule is CC(=O)N1CCN(C(C)C)CC1.CC(C)N1CC(C)N(C)C(C)C1.CC(C)N1CCN(C(N)=O)CC1.CC(C)N1CCN(C)C(=O)C1.CC(C)N1CCN(C)C(=O)C1=O.CC(C)N1CCN(C)CC1.CC(C)N1CCN(CC(F)(F)F)CC1.CC(C)N1CCN(CCC(=O)O)CC1.CC(C)N1CCN(CCO)CC1.CC(C)N1CCN(S(N)(=O)=O)CC1.CC(C)N1CCNCC1. The lowest BCUT2D eigenvalue weighted by Gasteiger charge is -2.44. The number of rotatable bonds is 18. The largest absolute Gasteiger partial charge is 0.481 e. The van der Waals surface area contributed by atoms with Gasteiger partial charge < -0.3 is 55.6 Å². The molecule has 11 aliphatic heterocycles. The Bertz CT molecular complexity index is 3100. The summed E-state index contributed by atoms with van der Waals surface area (Å²) in [5, 5.41) is 25.6. The van der Waals surface area contributed by atoms with Gasteiger partial charge in [0.1, 0.15) is 0 Å². The Morgan fingerprint density at radius 3 is 1.02 bits per heavy atom. The Balaban J connectivity index is 0.000000722. The number of aliphatic hydroxyl groups excluding tert-OH is 1. The van der Waals surface area contributed by atoms with Crippen molar-refractivity contribution >= 4 is 45.8 Å². The summed E-state index contributed by atoms with van der Waals surface area (Å²) in [6.45, 7) is 92.0. The van der Waals surface area contributed by atoms with E-state index in [2.05, 4.69) is 240 Å². The number of carbonyl (C=O) groups is 6. The summed E-state index contributed by atoms with van der Waals surface area (Å²) in [5.74, 6) is -1.02. The molecule has 7 N–H and O–H groups in total. The molecule has 11 heterocycles. The van der Waals surface area contributed by atoms with Gasteiger partial charge in [-0.15, -0.1) is 0 Å². The molecule has 131 heavy (non-hydrogen) atoms. The number of carboxylic acids is 1. The summed E-state index contributed by atoms with van der Waals surface area (Å²) in [7, 11) is 4.46. The molecule has 6 amide bonds. The first-order chi connectivity index (χ1) is 61.0. The minimum absolute atomic E-state index is 0.121. The summed E-state index contributed by atoms with van der Waals surface area (Å²) in [4.78, 5) is 109. The Hall–Kier alpha value is -4.40. The maximum atomic E-state index is 12.0. The number of primary amides is 1.